The summed E-state index contributed by atoms with van der Waals surface area (Å²) in [5.41, 5.74) is -1.27. The van der Waals surface area contributed by atoms with Crippen LogP contribution in [0.15, 0.2) is 30.3 Å². The molecule has 0 heterocycles. The second-order valence-electron chi connectivity index (χ2n) is 5.00. The highest BCUT2D eigenvalue weighted by atomic mass is 35.5. The zero-order valence-electron chi connectivity index (χ0n) is 13.6. The van der Waals surface area contributed by atoms with Crippen molar-refractivity contribution in [3.8, 4) is 0 Å². The van der Waals surface area contributed by atoms with Crippen molar-refractivity contribution in [2.75, 3.05) is 12.4 Å². The molecule has 1 amide bonds. The molecule has 2 aromatic rings. The number of hydrogen-bond acceptors (Lipinski definition) is 6. The van der Waals surface area contributed by atoms with Crippen LogP contribution in [-0.4, -0.2) is 24.1 Å². The number of nitro benzene ring substituents is 1. The fraction of sp³-hybridized carbons (Fsp3) is 0.125. The molecule has 142 valence electrons. The van der Waals surface area contributed by atoms with Gasteiger partial charge in [-0.1, -0.05) is 17.7 Å². The molecule has 0 aliphatic rings. The Morgan fingerprint density at radius 3 is 2.56 bits per heavy atom. The van der Waals surface area contributed by atoms with Crippen molar-refractivity contribution < 1.29 is 32.8 Å². The van der Waals surface area contributed by atoms with Crippen molar-refractivity contribution in [3.63, 3.8) is 0 Å². The quantitative estimate of drug-likeness (QED) is 0.460. The lowest BCUT2D eigenvalue weighted by Gasteiger charge is -2.11. The van der Waals surface area contributed by atoms with E-state index in [1.165, 1.54) is 18.2 Å². The standard InChI is InChI=1S/C16H11ClF2N2O6/c1-26-15(22)8-5-11(18)12(19)6-13(8)20-16(23)27-7-9-10(17)3-2-4-14(9)21(24)25/h2-6H,7H2,1H3,(H,20,23). The number of halogens is 3. The van der Waals surface area contributed by atoms with Gasteiger partial charge < -0.3 is 9.47 Å². The van der Waals surface area contributed by atoms with E-state index in [-0.39, 0.29) is 16.3 Å². The molecule has 0 aliphatic heterocycles. The summed E-state index contributed by atoms with van der Waals surface area (Å²) in [6, 6.07) is 5.02. The Bertz CT molecular complexity index is 922. The highest BCUT2D eigenvalue weighted by Gasteiger charge is 2.21. The first kappa shape index (κ1) is 20.0. The van der Waals surface area contributed by atoms with Gasteiger partial charge in [-0.05, 0) is 12.1 Å². The van der Waals surface area contributed by atoms with E-state index in [0.29, 0.717) is 12.1 Å². The molecule has 0 radical (unpaired) electrons. The highest BCUT2D eigenvalue weighted by Crippen LogP contribution is 2.27. The van der Waals surface area contributed by atoms with E-state index in [1.54, 1.807) is 0 Å². The number of methoxy groups -OCH3 is 1. The number of nitrogens with one attached hydrogen (secondary N) is 1. The fourth-order valence-corrected chi connectivity index (χ4v) is 2.30. The van der Waals surface area contributed by atoms with Gasteiger partial charge in [-0.3, -0.25) is 15.4 Å². The van der Waals surface area contributed by atoms with Gasteiger partial charge in [-0.25, -0.2) is 18.4 Å². The minimum atomic E-state index is -1.32. The van der Waals surface area contributed by atoms with Gasteiger partial charge in [0.05, 0.1) is 33.9 Å². The van der Waals surface area contributed by atoms with E-state index in [4.69, 9.17) is 16.3 Å². The molecule has 0 bridgehead atoms. The topological polar surface area (TPSA) is 108 Å². The first-order chi connectivity index (χ1) is 12.7. The van der Waals surface area contributed by atoms with Crippen LogP contribution in [0.4, 0.5) is 25.0 Å². The summed E-state index contributed by atoms with van der Waals surface area (Å²) in [7, 11) is 1.02. The summed E-state index contributed by atoms with van der Waals surface area (Å²) < 4.78 is 36.0. The van der Waals surface area contributed by atoms with Crippen LogP contribution in [0.3, 0.4) is 0 Å². The van der Waals surface area contributed by atoms with Crippen LogP contribution in [0, 0.1) is 21.7 Å². The molecule has 27 heavy (non-hydrogen) atoms. The average molecular weight is 401 g/mol. The number of esters is 1. The third-order valence-corrected chi connectivity index (χ3v) is 3.70. The van der Waals surface area contributed by atoms with E-state index in [9.17, 15) is 28.5 Å². The number of amides is 1. The average Bonchev–Trinajstić information content (AvgIpc) is 2.62. The largest absolute Gasteiger partial charge is 0.465 e. The second-order valence-corrected chi connectivity index (χ2v) is 5.41. The van der Waals surface area contributed by atoms with Crippen LogP contribution in [0.2, 0.25) is 5.02 Å². The third kappa shape index (κ3) is 4.67. The normalized spacial score (nSPS) is 10.2. The number of carbonyl (C=O) groups excluding carboxylic acids is 2. The molecule has 0 aromatic heterocycles. The van der Waals surface area contributed by atoms with Crippen LogP contribution >= 0.6 is 11.6 Å². The predicted molar refractivity (Wildman–Crippen MR) is 89.6 cm³/mol. The zero-order valence-corrected chi connectivity index (χ0v) is 14.4. The number of benzene rings is 2. The molecule has 0 spiro atoms. The summed E-state index contributed by atoms with van der Waals surface area (Å²) in [5, 5.41) is 13.0. The number of rotatable bonds is 5. The molecule has 8 nitrogen and oxygen atoms in total. The van der Waals surface area contributed by atoms with Crippen molar-refractivity contribution in [3.05, 3.63) is 68.2 Å². The lowest BCUT2D eigenvalue weighted by atomic mass is 10.1. The summed E-state index contributed by atoms with van der Waals surface area (Å²) in [6.45, 7) is -0.570. The maximum atomic E-state index is 13.4. The maximum Gasteiger partial charge on any atom is 0.411 e. The molecular formula is C16H11ClF2N2O6. The zero-order chi connectivity index (χ0) is 20.1. The summed E-state index contributed by atoms with van der Waals surface area (Å²) in [5.74, 6) is -3.66. The minimum absolute atomic E-state index is 0.0000708. The Hall–Kier alpha value is -3.27. The first-order valence-electron chi connectivity index (χ1n) is 7.17. The molecular weight excluding hydrogens is 390 g/mol. The van der Waals surface area contributed by atoms with Crippen LogP contribution in [-0.2, 0) is 16.1 Å². The van der Waals surface area contributed by atoms with Gasteiger partial charge in [0, 0.05) is 12.1 Å². The van der Waals surface area contributed by atoms with Crippen LogP contribution in [0.5, 0.6) is 0 Å². The van der Waals surface area contributed by atoms with Gasteiger partial charge in [0.15, 0.2) is 11.6 Å². The smallest absolute Gasteiger partial charge is 0.411 e. The van der Waals surface area contributed by atoms with Crippen molar-refractivity contribution in [2.45, 2.75) is 6.61 Å². The van der Waals surface area contributed by atoms with Gasteiger partial charge in [0.1, 0.15) is 6.61 Å². The van der Waals surface area contributed by atoms with Crippen LogP contribution < -0.4 is 5.32 Å². The third-order valence-electron chi connectivity index (χ3n) is 3.34. The first-order valence-corrected chi connectivity index (χ1v) is 7.55. The number of ether oxygens (including phenoxy) is 2. The van der Waals surface area contributed by atoms with E-state index in [0.717, 1.165) is 7.11 Å². The minimum Gasteiger partial charge on any atom is -0.465 e. The lowest BCUT2D eigenvalue weighted by molar-refractivity contribution is -0.385. The Kier molecular flexibility index (Phi) is 6.24. The van der Waals surface area contributed by atoms with E-state index in [2.05, 4.69) is 10.1 Å². The van der Waals surface area contributed by atoms with Crippen molar-refractivity contribution in [1.29, 1.82) is 0 Å². The lowest BCUT2D eigenvalue weighted by Crippen LogP contribution is -2.17. The Morgan fingerprint density at radius 2 is 1.93 bits per heavy atom. The van der Waals surface area contributed by atoms with Crippen molar-refractivity contribution >= 4 is 35.0 Å². The monoisotopic (exact) mass is 400 g/mol. The highest BCUT2D eigenvalue weighted by molar-refractivity contribution is 6.31. The molecule has 0 atom stereocenters. The fourth-order valence-electron chi connectivity index (χ4n) is 2.07. The molecule has 1 N–H and O–H groups in total. The molecule has 11 heteroatoms. The molecule has 0 saturated carbocycles. The number of hydrogen-bond donors (Lipinski definition) is 1. The van der Waals surface area contributed by atoms with E-state index >= 15 is 0 Å². The van der Waals surface area contributed by atoms with Crippen molar-refractivity contribution in [1.82, 2.24) is 0 Å². The Labute approximate surface area is 155 Å². The van der Waals surface area contributed by atoms with Crippen molar-refractivity contribution in [2.24, 2.45) is 0 Å². The molecule has 2 aromatic carbocycles. The maximum absolute atomic E-state index is 13.4. The molecule has 0 unspecified atom stereocenters. The molecule has 0 saturated heterocycles. The van der Waals surface area contributed by atoms with Gasteiger partial charge in [0.25, 0.3) is 5.69 Å². The Balaban J connectivity index is 2.19. The van der Waals surface area contributed by atoms with Gasteiger partial charge in [0.2, 0.25) is 0 Å². The van der Waals surface area contributed by atoms with E-state index in [1.807, 2.05) is 0 Å². The molecule has 0 fully saturated rings. The van der Waals surface area contributed by atoms with Gasteiger partial charge in [-0.15, -0.1) is 0 Å². The number of nitrogens with zero attached hydrogens (tertiary/aromatic N) is 1. The summed E-state index contributed by atoms with van der Waals surface area (Å²) in [6.07, 6.45) is -1.18. The number of carbonyl (C=O) groups is 2. The molecule has 2 rings (SSSR count). The number of nitro groups is 1. The summed E-state index contributed by atoms with van der Waals surface area (Å²) >= 11 is 5.87. The molecule has 0 aliphatic carbocycles. The van der Waals surface area contributed by atoms with Crippen LogP contribution in [0.25, 0.3) is 0 Å². The SMILES string of the molecule is COC(=O)c1cc(F)c(F)cc1NC(=O)OCc1c(Cl)cccc1[N+](=O)[O-]. The van der Waals surface area contributed by atoms with Crippen LogP contribution in [0.1, 0.15) is 15.9 Å². The number of anilines is 1. The van der Waals surface area contributed by atoms with E-state index < -0.39 is 46.5 Å². The van der Waals surface area contributed by atoms with Gasteiger partial charge in [-0.2, -0.15) is 0 Å². The summed E-state index contributed by atoms with van der Waals surface area (Å²) in [4.78, 5) is 33.8. The Morgan fingerprint density at radius 1 is 1.26 bits per heavy atom. The second kappa shape index (κ2) is 8.41. The van der Waals surface area contributed by atoms with Gasteiger partial charge >= 0.3 is 12.1 Å². The predicted octanol–water partition coefficient (Wildman–Crippen LogP) is 4.06.